The molecule has 2 aromatic rings. The van der Waals surface area contributed by atoms with Gasteiger partial charge in [-0.05, 0) is 6.08 Å². The molecule has 2 rings (SSSR count). The highest BCUT2D eigenvalue weighted by atomic mass is 16.4. The monoisotopic (exact) mass is 215 g/mol. The minimum atomic E-state index is -1.02. The first-order chi connectivity index (χ1) is 7.75. The van der Waals surface area contributed by atoms with Crippen LogP contribution in [0.5, 0.6) is 0 Å². The van der Waals surface area contributed by atoms with E-state index in [-0.39, 0.29) is 0 Å². The SMILES string of the molecule is O=C(O)/C=C/c1nc(-c2ccccc2)n[nH]1. The fourth-order valence-electron chi connectivity index (χ4n) is 1.22. The van der Waals surface area contributed by atoms with Crippen molar-refractivity contribution in [2.75, 3.05) is 0 Å². The molecule has 0 saturated heterocycles. The zero-order valence-electron chi connectivity index (χ0n) is 8.29. The first-order valence-electron chi connectivity index (χ1n) is 4.64. The van der Waals surface area contributed by atoms with Crippen molar-refractivity contribution in [1.29, 1.82) is 0 Å². The second-order valence-electron chi connectivity index (χ2n) is 3.08. The Labute approximate surface area is 91.5 Å². The molecule has 0 unspecified atom stereocenters. The standard InChI is InChI=1S/C11H9N3O2/c15-10(16)7-6-9-12-11(14-13-9)8-4-2-1-3-5-8/h1-7H,(H,15,16)(H,12,13,14)/b7-6+. The molecular formula is C11H9N3O2. The van der Waals surface area contributed by atoms with Gasteiger partial charge in [0.15, 0.2) is 5.82 Å². The summed E-state index contributed by atoms with van der Waals surface area (Å²) in [4.78, 5) is 14.4. The van der Waals surface area contributed by atoms with Crippen molar-refractivity contribution in [3.05, 3.63) is 42.2 Å². The molecule has 0 spiro atoms. The Balaban J connectivity index is 2.23. The lowest BCUT2D eigenvalue weighted by Gasteiger charge is -1.90. The van der Waals surface area contributed by atoms with Crippen LogP contribution in [-0.2, 0) is 4.79 Å². The van der Waals surface area contributed by atoms with E-state index < -0.39 is 5.97 Å². The van der Waals surface area contributed by atoms with Gasteiger partial charge >= 0.3 is 5.97 Å². The largest absolute Gasteiger partial charge is 0.478 e. The maximum atomic E-state index is 10.3. The summed E-state index contributed by atoms with van der Waals surface area (Å²) in [5.41, 5.74) is 0.883. The summed E-state index contributed by atoms with van der Waals surface area (Å²) >= 11 is 0. The molecule has 0 atom stereocenters. The van der Waals surface area contributed by atoms with Crippen LogP contribution in [-0.4, -0.2) is 26.3 Å². The number of nitrogens with zero attached hydrogens (tertiary/aromatic N) is 2. The summed E-state index contributed by atoms with van der Waals surface area (Å²) in [6, 6.07) is 9.44. The highest BCUT2D eigenvalue weighted by molar-refractivity contribution is 5.84. The van der Waals surface area contributed by atoms with Crippen molar-refractivity contribution in [3.63, 3.8) is 0 Å². The molecule has 5 heteroatoms. The topological polar surface area (TPSA) is 78.9 Å². The minimum absolute atomic E-state index is 0.418. The number of benzene rings is 1. The fraction of sp³-hybridized carbons (Fsp3) is 0. The van der Waals surface area contributed by atoms with Gasteiger partial charge in [-0.2, -0.15) is 5.10 Å². The van der Waals surface area contributed by atoms with Gasteiger partial charge in [-0.3, -0.25) is 5.10 Å². The lowest BCUT2D eigenvalue weighted by molar-refractivity contribution is -0.131. The summed E-state index contributed by atoms with van der Waals surface area (Å²) < 4.78 is 0. The molecule has 80 valence electrons. The van der Waals surface area contributed by atoms with Crippen LogP contribution in [0.2, 0.25) is 0 Å². The van der Waals surface area contributed by atoms with E-state index in [4.69, 9.17) is 5.11 Å². The third kappa shape index (κ3) is 2.33. The van der Waals surface area contributed by atoms with E-state index in [2.05, 4.69) is 15.2 Å². The van der Waals surface area contributed by atoms with Crippen molar-refractivity contribution >= 4 is 12.0 Å². The number of carboxylic acids is 1. The number of carbonyl (C=O) groups is 1. The molecule has 0 aliphatic carbocycles. The molecule has 0 aliphatic rings. The number of aromatic nitrogens is 3. The number of rotatable bonds is 3. The number of aromatic amines is 1. The first-order valence-corrected chi connectivity index (χ1v) is 4.64. The Kier molecular flexibility index (Phi) is 2.77. The normalized spacial score (nSPS) is 10.8. The summed E-state index contributed by atoms with van der Waals surface area (Å²) in [5, 5.41) is 15.1. The van der Waals surface area contributed by atoms with Crippen LogP contribution in [0.4, 0.5) is 0 Å². The average molecular weight is 215 g/mol. The number of hydrogen-bond donors (Lipinski definition) is 2. The molecule has 0 fully saturated rings. The molecule has 2 N–H and O–H groups in total. The molecule has 0 bridgehead atoms. The van der Waals surface area contributed by atoms with Crippen molar-refractivity contribution in [1.82, 2.24) is 15.2 Å². The maximum absolute atomic E-state index is 10.3. The summed E-state index contributed by atoms with van der Waals surface area (Å²) in [6.07, 6.45) is 2.37. The molecule has 1 aromatic heterocycles. The van der Waals surface area contributed by atoms with Crippen molar-refractivity contribution in [3.8, 4) is 11.4 Å². The summed E-state index contributed by atoms with van der Waals surface area (Å²) in [5.74, 6) is -0.0513. The van der Waals surface area contributed by atoms with Crippen molar-refractivity contribution in [2.45, 2.75) is 0 Å². The van der Waals surface area contributed by atoms with Crippen LogP contribution in [0.3, 0.4) is 0 Å². The van der Waals surface area contributed by atoms with Gasteiger partial charge in [0.25, 0.3) is 0 Å². The molecule has 5 nitrogen and oxygen atoms in total. The van der Waals surface area contributed by atoms with Gasteiger partial charge < -0.3 is 5.11 Å². The summed E-state index contributed by atoms with van der Waals surface area (Å²) in [6.45, 7) is 0. The number of hydrogen-bond acceptors (Lipinski definition) is 3. The summed E-state index contributed by atoms with van der Waals surface area (Å²) in [7, 11) is 0. The zero-order valence-corrected chi connectivity index (χ0v) is 8.29. The molecule has 0 amide bonds. The predicted molar refractivity (Wildman–Crippen MR) is 58.5 cm³/mol. The van der Waals surface area contributed by atoms with Crippen LogP contribution < -0.4 is 0 Å². The molecule has 1 aromatic carbocycles. The van der Waals surface area contributed by atoms with Crippen molar-refractivity contribution in [2.24, 2.45) is 0 Å². The van der Waals surface area contributed by atoms with E-state index in [0.717, 1.165) is 11.6 Å². The van der Waals surface area contributed by atoms with Gasteiger partial charge in [0.1, 0.15) is 5.82 Å². The fourth-order valence-corrected chi connectivity index (χ4v) is 1.22. The number of carboxylic acid groups (broad SMARTS) is 1. The van der Waals surface area contributed by atoms with Crippen LogP contribution in [0.25, 0.3) is 17.5 Å². The maximum Gasteiger partial charge on any atom is 0.328 e. The Morgan fingerprint density at radius 3 is 2.75 bits per heavy atom. The smallest absolute Gasteiger partial charge is 0.328 e. The Bertz CT molecular complexity index is 517. The van der Waals surface area contributed by atoms with Gasteiger partial charge in [-0.15, -0.1) is 0 Å². The molecule has 1 heterocycles. The van der Waals surface area contributed by atoms with Crippen molar-refractivity contribution < 1.29 is 9.90 Å². The van der Waals surface area contributed by atoms with Crippen LogP contribution in [0, 0.1) is 0 Å². The van der Waals surface area contributed by atoms with Gasteiger partial charge in [0.2, 0.25) is 0 Å². The highest BCUT2D eigenvalue weighted by Gasteiger charge is 2.02. The quantitative estimate of drug-likeness (QED) is 0.761. The van der Waals surface area contributed by atoms with Gasteiger partial charge in [0.05, 0.1) is 0 Å². The van der Waals surface area contributed by atoms with Crippen LogP contribution in [0.1, 0.15) is 5.82 Å². The number of H-pyrrole nitrogens is 1. The second-order valence-corrected chi connectivity index (χ2v) is 3.08. The van der Waals surface area contributed by atoms with E-state index >= 15 is 0 Å². The predicted octanol–water partition coefficient (Wildman–Crippen LogP) is 1.57. The third-order valence-electron chi connectivity index (χ3n) is 1.92. The van der Waals surface area contributed by atoms with E-state index in [1.807, 2.05) is 30.3 Å². The lowest BCUT2D eigenvalue weighted by atomic mass is 10.2. The molecule has 0 aliphatic heterocycles. The average Bonchev–Trinajstić information content (AvgIpc) is 2.76. The van der Waals surface area contributed by atoms with Gasteiger partial charge in [-0.25, -0.2) is 9.78 Å². The van der Waals surface area contributed by atoms with E-state index in [1.54, 1.807) is 0 Å². The zero-order chi connectivity index (χ0) is 11.4. The first kappa shape index (κ1) is 10.1. The highest BCUT2D eigenvalue weighted by Crippen LogP contribution is 2.13. The van der Waals surface area contributed by atoms with Crippen LogP contribution >= 0.6 is 0 Å². The molecule has 16 heavy (non-hydrogen) atoms. The van der Waals surface area contributed by atoms with E-state index in [1.165, 1.54) is 6.08 Å². The molecule has 0 radical (unpaired) electrons. The van der Waals surface area contributed by atoms with E-state index in [0.29, 0.717) is 11.6 Å². The molecule has 0 saturated carbocycles. The number of aliphatic carboxylic acids is 1. The Morgan fingerprint density at radius 1 is 1.31 bits per heavy atom. The minimum Gasteiger partial charge on any atom is -0.478 e. The Hall–Kier alpha value is -2.43. The van der Waals surface area contributed by atoms with Gasteiger partial charge in [-0.1, -0.05) is 30.3 Å². The van der Waals surface area contributed by atoms with Gasteiger partial charge in [0, 0.05) is 11.6 Å². The van der Waals surface area contributed by atoms with Crippen LogP contribution in [0.15, 0.2) is 36.4 Å². The number of nitrogens with one attached hydrogen (secondary N) is 1. The Morgan fingerprint density at radius 2 is 2.06 bits per heavy atom. The second kappa shape index (κ2) is 4.39. The lowest BCUT2D eigenvalue weighted by Crippen LogP contribution is -1.86. The third-order valence-corrected chi connectivity index (χ3v) is 1.92. The van der Waals surface area contributed by atoms with E-state index in [9.17, 15) is 4.79 Å². The molecular weight excluding hydrogens is 206 g/mol.